The standard InChI is InChI=1S/C19H16N4OS/c1-22(14-7-3-2-4-8-14)18(24)12-23-16-10-6-5-9-15(16)21-19(23)17-11-20-13-25-17/h2-11,13H,12H2,1H3. The summed E-state index contributed by atoms with van der Waals surface area (Å²) in [5.74, 6) is 0.777. The molecule has 0 fully saturated rings. The second-order valence-electron chi connectivity index (χ2n) is 5.66. The number of aromatic nitrogens is 3. The van der Waals surface area contributed by atoms with Crippen LogP contribution in [0.25, 0.3) is 21.7 Å². The van der Waals surface area contributed by atoms with Gasteiger partial charge in [-0.25, -0.2) is 4.98 Å². The third kappa shape index (κ3) is 2.92. The van der Waals surface area contributed by atoms with Crippen LogP contribution in [0.2, 0.25) is 0 Å². The molecule has 0 bridgehead atoms. The molecule has 25 heavy (non-hydrogen) atoms. The number of para-hydroxylation sites is 3. The Labute approximate surface area is 149 Å². The number of benzene rings is 2. The Balaban J connectivity index is 1.73. The Bertz CT molecular complexity index is 1010. The Morgan fingerprint density at radius 1 is 1.12 bits per heavy atom. The number of carbonyl (C=O) groups is 1. The lowest BCUT2D eigenvalue weighted by molar-refractivity contribution is -0.118. The van der Waals surface area contributed by atoms with E-state index < -0.39 is 0 Å². The summed E-state index contributed by atoms with van der Waals surface area (Å²) >= 11 is 1.52. The number of likely N-dealkylation sites (N-methyl/N-ethyl adjacent to an activating group) is 1. The van der Waals surface area contributed by atoms with Crippen molar-refractivity contribution in [2.75, 3.05) is 11.9 Å². The van der Waals surface area contributed by atoms with Gasteiger partial charge in [0.05, 0.1) is 21.4 Å². The van der Waals surface area contributed by atoms with E-state index in [1.165, 1.54) is 11.3 Å². The van der Waals surface area contributed by atoms with Gasteiger partial charge in [-0.2, -0.15) is 0 Å². The summed E-state index contributed by atoms with van der Waals surface area (Å²) in [7, 11) is 1.79. The molecular weight excluding hydrogens is 332 g/mol. The second-order valence-corrected chi connectivity index (χ2v) is 6.55. The van der Waals surface area contributed by atoms with Gasteiger partial charge in [-0.05, 0) is 24.3 Å². The predicted molar refractivity (Wildman–Crippen MR) is 101 cm³/mol. The zero-order valence-corrected chi connectivity index (χ0v) is 14.5. The number of amides is 1. The van der Waals surface area contributed by atoms with Crippen molar-refractivity contribution in [2.45, 2.75) is 6.54 Å². The quantitative estimate of drug-likeness (QED) is 0.563. The Morgan fingerprint density at radius 3 is 2.64 bits per heavy atom. The van der Waals surface area contributed by atoms with Gasteiger partial charge < -0.3 is 9.47 Å². The number of hydrogen-bond acceptors (Lipinski definition) is 4. The van der Waals surface area contributed by atoms with Crippen LogP contribution in [0, 0.1) is 0 Å². The molecule has 0 radical (unpaired) electrons. The fraction of sp³-hybridized carbons (Fsp3) is 0.105. The third-order valence-corrected chi connectivity index (χ3v) is 4.89. The monoisotopic (exact) mass is 348 g/mol. The molecule has 4 aromatic rings. The van der Waals surface area contributed by atoms with Crippen molar-refractivity contribution in [3.05, 3.63) is 66.3 Å². The topological polar surface area (TPSA) is 51.0 Å². The highest BCUT2D eigenvalue weighted by Gasteiger charge is 2.18. The average Bonchev–Trinajstić information content (AvgIpc) is 3.30. The van der Waals surface area contributed by atoms with E-state index in [0.29, 0.717) is 0 Å². The smallest absolute Gasteiger partial charge is 0.246 e. The molecule has 0 unspecified atom stereocenters. The number of anilines is 1. The van der Waals surface area contributed by atoms with E-state index in [0.717, 1.165) is 27.4 Å². The molecule has 0 aliphatic carbocycles. The summed E-state index contributed by atoms with van der Waals surface area (Å²) in [6, 6.07) is 17.5. The zero-order valence-electron chi connectivity index (χ0n) is 13.7. The zero-order chi connectivity index (χ0) is 17.2. The molecule has 0 aliphatic rings. The summed E-state index contributed by atoms with van der Waals surface area (Å²) in [4.78, 5) is 24.3. The maximum absolute atomic E-state index is 12.8. The minimum atomic E-state index is 0.000110. The van der Waals surface area contributed by atoms with Crippen molar-refractivity contribution in [2.24, 2.45) is 0 Å². The van der Waals surface area contributed by atoms with Crippen LogP contribution in [0.5, 0.6) is 0 Å². The number of rotatable bonds is 4. The van der Waals surface area contributed by atoms with E-state index >= 15 is 0 Å². The molecule has 0 N–H and O–H groups in total. The number of carbonyl (C=O) groups excluding carboxylic acids is 1. The maximum atomic E-state index is 12.8. The Kier molecular flexibility index (Phi) is 4.03. The van der Waals surface area contributed by atoms with Crippen LogP contribution in [-0.2, 0) is 11.3 Å². The molecule has 5 nitrogen and oxygen atoms in total. The Morgan fingerprint density at radius 2 is 1.88 bits per heavy atom. The molecule has 0 spiro atoms. The van der Waals surface area contributed by atoms with Gasteiger partial charge >= 0.3 is 0 Å². The van der Waals surface area contributed by atoms with Crippen LogP contribution < -0.4 is 4.90 Å². The average molecular weight is 348 g/mol. The lowest BCUT2D eigenvalue weighted by atomic mass is 10.3. The van der Waals surface area contributed by atoms with Crippen molar-refractivity contribution in [1.29, 1.82) is 0 Å². The summed E-state index contributed by atoms with van der Waals surface area (Å²) in [6.45, 7) is 0.221. The van der Waals surface area contributed by atoms with Crippen molar-refractivity contribution >= 4 is 34.0 Å². The summed E-state index contributed by atoms with van der Waals surface area (Å²) in [5.41, 5.74) is 4.47. The first-order valence-corrected chi connectivity index (χ1v) is 8.78. The minimum absolute atomic E-state index is 0.000110. The number of fused-ring (bicyclic) bond motifs is 1. The molecule has 0 saturated heterocycles. The molecule has 2 aromatic carbocycles. The van der Waals surface area contributed by atoms with Crippen LogP contribution in [-0.4, -0.2) is 27.5 Å². The van der Waals surface area contributed by atoms with E-state index in [-0.39, 0.29) is 12.5 Å². The van der Waals surface area contributed by atoms with Gasteiger partial charge in [0.2, 0.25) is 5.91 Å². The van der Waals surface area contributed by atoms with Crippen LogP contribution in [0.4, 0.5) is 5.69 Å². The van der Waals surface area contributed by atoms with Crippen molar-refractivity contribution < 1.29 is 4.79 Å². The fourth-order valence-electron chi connectivity index (χ4n) is 2.79. The van der Waals surface area contributed by atoms with E-state index in [1.54, 1.807) is 23.7 Å². The van der Waals surface area contributed by atoms with Gasteiger partial charge in [0.25, 0.3) is 0 Å². The highest BCUT2D eigenvalue weighted by molar-refractivity contribution is 7.13. The lowest BCUT2D eigenvalue weighted by Crippen LogP contribution is -2.30. The predicted octanol–water partition coefficient (Wildman–Crippen LogP) is 3.82. The molecule has 0 saturated carbocycles. The van der Waals surface area contributed by atoms with E-state index in [2.05, 4.69) is 4.98 Å². The van der Waals surface area contributed by atoms with E-state index in [1.807, 2.05) is 59.2 Å². The van der Waals surface area contributed by atoms with E-state index in [9.17, 15) is 4.79 Å². The van der Waals surface area contributed by atoms with Crippen LogP contribution in [0.3, 0.4) is 0 Å². The van der Waals surface area contributed by atoms with Gasteiger partial charge in [-0.3, -0.25) is 9.78 Å². The molecule has 0 atom stereocenters. The highest BCUT2D eigenvalue weighted by atomic mass is 32.1. The molecule has 124 valence electrons. The molecule has 0 aliphatic heterocycles. The molecule has 6 heteroatoms. The fourth-order valence-corrected chi connectivity index (χ4v) is 3.41. The summed E-state index contributed by atoms with van der Waals surface area (Å²) in [5, 5.41) is 0. The van der Waals surface area contributed by atoms with Gasteiger partial charge in [-0.1, -0.05) is 30.3 Å². The number of nitrogens with zero attached hydrogens (tertiary/aromatic N) is 4. The van der Waals surface area contributed by atoms with E-state index in [4.69, 9.17) is 4.98 Å². The number of hydrogen-bond donors (Lipinski definition) is 0. The van der Waals surface area contributed by atoms with Crippen molar-refractivity contribution in [3.8, 4) is 10.7 Å². The highest BCUT2D eigenvalue weighted by Crippen LogP contribution is 2.27. The van der Waals surface area contributed by atoms with Gasteiger partial charge in [0.15, 0.2) is 5.82 Å². The first kappa shape index (κ1) is 15.5. The minimum Gasteiger partial charge on any atom is -0.314 e. The van der Waals surface area contributed by atoms with Crippen LogP contribution in [0.15, 0.2) is 66.3 Å². The largest absolute Gasteiger partial charge is 0.314 e. The molecule has 4 rings (SSSR count). The van der Waals surface area contributed by atoms with Gasteiger partial charge in [0.1, 0.15) is 6.54 Å². The third-order valence-electron chi connectivity index (χ3n) is 4.12. The normalized spacial score (nSPS) is 10.9. The van der Waals surface area contributed by atoms with Crippen LogP contribution >= 0.6 is 11.3 Å². The lowest BCUT2D eigenvalue weighted by Gasteiger charge is -2.18. The first-order valence-electron chi connectivity index (χ1n) is 7.90. The summed E-state index contributed by atoms with van der Waals surface area (Å²) < 4.78 is 1.96. The SMILES string of the molecule is CN(C(=O)Cn1c(-c2cncs2)nc2ccccc21)c1ccccc1. The molecule has 2 heterocycles. The van der Waals surface area contributed by atoms with Crippen molar-refractivity contribution in [3.63, 3.8) is 0 Å². The van der Waals surface area contributed by atoms with Gasteiger partial charge in [0, 0.05) is 18.9 Å². The second kappa shape index (κ2) is 6.49. The van der Waals surface area contributed by atoms with Crippen LogP contribution in [0.1, 0.15) is 0 Å². The van der Waals surface area contributed by atoms with Gasteiger partial charge in [-0.15, -0.1) is 11.3 Å². The Hall–Kier alpha value is -2.99. The summed E-state index contributed by atoms with van der Waals surface area (Å²) in [6.07, 6.45) is 1.79. The first-order chi connectivity index (χ1) is 12.2. The molecular formula is C19H16N4OS. The maximum Gasteiger partial charge on any atom is 0.246 e. The number of thiazole rings is 1. The number of imidazole rings is 1. The molecule has 1 amide bonds. The van der Waals surface area contributed by atoms with Crippen molar-refractivity contribution in [1.82, 2.24) is 14.5 Å². The molecule has 2 aromatic heterocycles.